The number of rotatable bonds is 4. The molecule has 0 unspecified atom stereocenters. The molecule has 0 aliphatic heterocycles. The van der Waals surface area contributed by atoms with Gasteiger partial charge in [-0.15, -0.1) is 13.2 Å². The molecule has 2 rings (SSSR count). The smallest absolute Gasteiger partial charge is 0.406 e. The number of nitrogens with zero attached hydrogens (tertiary/aromatic N) is 1. The van der Waals surface area contributed by atoms with Crippen LogP contribution in [0.4, 0.5) is 13.2 Å². The van der Waals surface area contributed by atoms with Crippen molar-refractivity contribution in [3.05, 3.63) is 64.7 Å². The lowest BCUT2D eigenvalue weighted by Crippen LogP contribution is -2.17. The summed E-state index contributed by atoms with van der Waals surface area (Å²) in [6.07, 6.45) is -4.71. The second kappa shape index (κ2) is 6.70. The number of halogens is 4. The first kappa shape index (κ1) is 16.2. The zero-order chi connectivity index (χ0) is 16.2. The Labute approximate surface area is 130 Å². The zero-order valence-corrected chi connectivity index (χ0v) is 12.0. The Bertz CT molecular complexity index is 669. The molecule has 0 aliphatic carbocycles. The predicted molar refractivity (Wildman–Crippen MR) is 79.0 cm³/mol. The van der Waals surface area contributed by atoms with E-state index in [2.05, 4.69) is 9.73 Å². The van der Waals surface area contributed by atoms with Crippen molar-refractivity contribution in [2.24, 2.45) is 10.7 Å². The Hall–Kier alpha value is -2.21. The first-order chi connectivity index (χ1) is 10.3. The van der Waals surface area contributed by atoms with Crippen molar-refractivity contribution in [3.63, 3.8) is 0 Å². The summed E-state index contributed by atoms with van der Waals surface area (Å²) in [5.41, 5.74) is 7.20. The molecule has 0 aliphatic rings. The maximum Gasteiger partial charge on any atom is 0.573 e. The highest BCUT2D eigenvalue weighted by molar-refractivity contribution is 6.30. The third-order valence-electron chi connectivity index (χ3n) is 2.70. The van der Waals surface area contributed by atoms with Crippen LogP contribution >= 0.6 is 11.6 Å². The molecule has 0 atom stereocenters. The van der Waals surface area contributed by atoms with Crippen LogP contribution in [0.25, 0.3) is 0 Å². The van der Waals surface area contributed by atoms with E-state index in [-0.39, 0.29) is 11.6 Å². The van der Waals surface area contributed by atoms with Crippen LogP contribution in [0.1, 0.15) is 11.1 Å². The molecule has 116 valence electrons. The zero-order valence-electron chi connectivity index (χ0n) is 11.3. The monoisotopic (exact) mass is 328 g/mol. The first-order valence-electron chi connectivity index (χ1n) is 6.24. The second-order valence-electron chi connectivity index (χ2n) is 4.40. The van der Waals surface area contributed by atoms with Crippen molar-refractivity contribution in [1.82, 2.24) is 0 Å². The third-order valence-corrected chi connectivity index (χ3v) is 2.94. The minimum Gasteiger partial charge on any atom is -0.406 e. The Morgan fingerprint density at radius 1 is 1.14 bits per heavy atom. The maximum absolute atomic E-state index is 12.1. The van der Waals surface area contributed by atoms with Crippen molar-refractivity contribution in [2.75, 3.05) is 0 Å². The molecule has 7 heteroatoms. The van der Waals surface area contributed by atoms with Crippen LogP contribution in [-0.4, -0.2) is 12.2 Å². The number of benzene rings is 2. The van der Waals surface area contributed by atoms with Gasteiger partial charge in [-0.3, -0.25) is 4.99 Å². The molecule has 2 aromatic carbocycles. The van der Waals surface area contributed by atoms with Gasteiger partial charge >= 0.3 is 6.36 Å². The van der Waals surface area contributed by atoms with Gasteiger partial charge in [0.1, 0.15) is 11.6 Å². The van der Waals surface area contributed by atoms with Gasteiger partial charge < -0.3 is 10.5 Å². The fourth-order valence-corrected chi connectivity index (χ4v) is 1.94. The average molecular weight is 329 g/mol. The average Bonchev–Trinajstić information content (AvgIpc) is 2.44. The van der Waals surface area contributed by atoms with Crippen LogP contribution < -0.4 is 10.5 Å². The summed E-state index contributed by atoms with van der Waals surface area (Å²) in [5.74, 6) is -0.0857. The fourth-order valence-electron chi connectivity index (χ4n) is 1.73. The topological polar surface area (TPSA) is 47.6 Å². The van der Waals surface area contributed by atoms with Gasteiger partial charge in [-0.1, -0.05) is 23.7 Å². The summed E-state index contributed by atoms with van der Waals surface area (Å²) in [6, 6.07) is 12.4. The SMILES string of the molecule is NC(=NCc1cccc(Cl)c1)c1ccc(OC(F)(F)F)cc1. The molecule has 0 bridgehead atoms. The van der Waals surface area contributed by atoms with Crippen LogP contribution in [0.15, 0.2) is 53.5 Å². The standard InChI is InChI=1S/C15H12ClF3N2O/c16-12-3-1-2-10(8-12)9-21-14(20)11-4-6-13(7-5-11)22-15(17,18)19/h1-8H,9H2,(H2,20,21). The molecule has 0 aromatic heterocycles. The van der Waals surface area contributed by atoms with E-state index in [4.69, 9.17) is 17.3 Å². The molecule has 0 amide bonds. The highest BCUT2D eigenvalue weighted by Gasteiger charge is 2.30. The normalized spacial score (nSPS) is 12.3. The van der Waals surface area contributed by atoms with Crippen molar-refractivity contribution < 1.29 is 17.9 Å². The summed E-state index contributed by atoms with van der Waals surface area (Å²) in [6.45, 7) is 0.327. The molecule has 0 heterocycles. The minimum absolute atomic E-state index is 0.221. The highest BCUT2D eigenvalue weighted by atomic mass is 35.5. The molecule has 2 N–H and O–H groups in total. The molecule has 3 nitrogen and oxygen atoms in total. The summed E-state index contributed by atoms with van der Waals surface area (Å²) in [4.78, 5) is 4.18. The van der Waals surface area contributed by atoms with E-state index >= 15 is 0 Å². The Balaban J connectivity index is 2.06. The molecule has 0 radical (unpaired) electrons. The van der Waals surface area contributed by atoms with Crippen LogP contribution in [0.2, 0.25) is 5.02 Å². The Morgan fingerprint density at radius 3 is 2.41 bits per heavy atom. The van der Waals surface area contributed by atoms with Crippen LogP contribution in [0, 0.1) is 0 Å². The van der Waals surface area contributed by atoms with Crippen molar-refractivity contribution in [3.8, 4) is 5.75 Å². The van der Waals surface area contributed by atoms with Gasteiger partial charge in [0, 0.05) is 10.6 Å². The van der Waals surface area contributed by atoms with Crippen molar-refractivity contribution >= 4 is 17.4 Å². The lowest BCUT2D eigenvalue weighted by atomic mass is 10.2. The van der Waals surface area contributed by atoms with E-state index < -0.39 is 6.36 Å². The molecule has 0 spiro atoms. The lowest BCUT2D eigenvalue weighted by molar-refractivity contribution is -0.274. The summed E-state index contributed by atoms with van der Waals surface area (Å²) in [5, 5.41) is 0.597. The van der Waals surface area contributed by atoms with E-state index in [0.717, 1.165) is 5.56 Å². The van der Waals surface area contributed by atoms with Gasteiger partial charge in [0.05, 0.1) is 6.54 Å². The molecular formula is C15H12ClF3N2O. The van der Waals surface area contributed by atoms with E-state index in [0.29, 0.717) is 17.1 Å². The molecular weight excluding hydrogens is 317 g/mol. The number of nitrogens with two attached hydrogens (primary N) is 1. The number of ether oxygens (including phenoxy) is 1. The van der Waals surface area contributed by atoms with Gasteiger partial charge in [0.2, 0.25) is 0 Å². The fraction of sp³-hybridized carbons (Fsp3) is 0.133. The van der Waals surface area contributed by atoms with Crippen LogP contribution in [0.3, 0.4) is 0 Å². The summed E-state index contributed by atoms with van der Waals surface area (Å²) >= 11 is 5.86. The number of hydrogen-bond acceptors (Lipinski definition) is 2. The van der Waals surface area contributed by atoms with E-state index in [9.17, 15) is 13.2 Å². The van der Waals surface area contributed by atoms with Gasteiger partial charge in [-0.25, -0.2) is 0 Å². The number of alkyl halides is 3. The third kappa shape index (κ3) is 4.96. The Kier molecular flexibility index (Phi) is 4.92. The lowest BCUT2D eigenvalue weighted by Gasteiger charge is -2.09. The Morgan fingerprint density at radius 2 is 1.82 bits per heavy atom. The van der Waals surface area contributed by atoms with Crippen LogP contribution in [-0.2, 0) is 6.54 Å². The predicted octanol–water partition coefficient (Wildman–Crippen LogP) is 4.14. The molecule has 0 saturated heterocycles. The number of amidine groups is 1. The minimum atomic E-state index is -4.71. The van der Waals surface area contributed by atoms with Gasteiger partial charge in [0.15, 0.2) is 0 Å². The van der Waals surface area contributed by atoms with E-state index in [1.807, 2.05) is 6.07 Å². The van der Waals surface area contributed by atoms with E-state index in [1.165, 1.54) is 24.3 Å². The molecule has 2 aromatic rings. The summed E-state index contributed by atoms with van der Waals surface area (Å²) < 4.78 is 40.0. The largest absolute Gasteiger partial charge is 0.573 e. The molecule has 0 fully saturated rings. The molecule has 0 saturated carbocycles. The van der Waals surface area contributed by atoms with Crippen molar-refractivity contribution in [1.29, 1.82) is 0 Å². The molecule has 22 heavy (non-hydrogen) atoms. The quantitative estimate of drug-likeness (QED) is 0.677. The van der Waals surface area contributed by atoms with Crippen molar-refractivity contribution in [2.45, 2.75) is 12.9 Å². The number of aliphatic imine (C=N–C) groups is 1. The van der Waals surface area contributed by atoms with Gasteiger partial charge in [0.25, 0.3) is 0 Å². The maximum atomic E-state index is 12.1. The van der Waals surface area contributed by atoms with Gasteiger partial charge in [-0.2, -0.15) is 0 Å². The second-order valence-corrected chi connectivity index (χ2v) is 4.84. The van der Waals surface area contributed by atoms with E-state index in [1.54, 1.807) is 18.2 Å². The van der Waals surface area contributed by atoms with Crippen LogP contribution in [0.5, 0.6) is 5.75 Å². The van der Waals surface area contributed by atoms with Gasteiger partial charge in [-0.05, 0) is 42.0 Å². The number of hydrogen-bond donors (Lipinski definition) is 1. The summed E-state index contributed by atoms with van der Waals surface area (Å²) in [7, 11) is 0. The highest BCUT2D eigenvalue weighted by Crippen LogP contribution is 2.22. The first-order valence-corrected chi connectivity index (χ1v) is 6.62.